The van der Waals surface area contributed by atoms with Gasteiger partial charge in [0.15, 0.2) is 0 Å². The van der Waals surface area contributed by atoms with E-state index >= 15 is 0 Å². The molecule has 1 aliphatic rings. The zero-order valence-corrected chi connectivity index (χ0v) is 12.9. The van der Waals surface area contributed by atoms with E-state index in [0.717, 1.165) is 12.8 Å². The van der Waals surface area contributed by atoms with Gasteiger partial charge in [-0.3, -0.25) is 0 Å². The summed E-state index contributed by atoms with van der Waals surface area (Å²) in [5, 5.41) is 2.17. The summed E-state index contributed by atoms with van der Waals surface area (Å²) < 4.78 is 0. The topological polar surface area (TPSA) is 26.0 Å². The first-order chi connectivity index (χ1) is 8.42. The molecule has 2 rings (SSSR count). The molecule has 2 atom stereocenters. The van der Waals surface area contributed by atoms with E-state index in [9.17, 15) is 0 Å². The molecule has 18 heavy (non-hydrogen) atoms. The van der Waals surface area contributed by atoms with Crippen LogP contribution in [0.1, 0.15) is 57.8 Å². The van der Waals surface area contributed by atoms with Crippen molar-refractivity contribution in [3.05, 3.63) is 22.4 Å². The molecule has 1 aromatic rings. The van der Waals surface area contributed by atoms with Crippen molar-refractivity contribution in [3.63, 3.8) is 0 Å². The molecule has 1 fully saturated rings. The average molecular weight is 265 g/mol. The van der Waals surface area contributed by atoms with Gasteiger partial charge in [0.25, 0.3) is 0 Å². The van der Waals surface area contributed by atoms with Gasteiger partial charge in [-0.15, -0.1) is 11.3 Å². The molecule has 1 aromatic heterocycles. The number of hydrogen-bond donors (Lipinski definition) is 1. The highest BCUT2D eigenvalue weighted by Crippen LogP contribution is 2.45. The molecule has 102 valence electrons. The first-order valence-corrected chi connectivity index (χ1v) is 8.11. The van der Waals surface area contributed by atoms with Crippen LogP contribution in [-0.2, 0) is 6.42 Å². The van der Waals surface area contributed by atoms with Gasteiger partial charge < -0.3 is 5.73 Å². The summed E-state index contributed by atoms with van der Waals surface area (Å²) in [6.45, 7) is 7.07. The van der Waals surface area contributed by atoms with Crippen LogP contribution in [0.3, 0.4) is 0 Å². The van der Waals surface area contributed by atoms with Crippen molar-refractivity contribution in [1.82, 2.24) is 0 Å². The molecule has 0 spiro atoms. The fourth-order valence-electron chi connectivity index (χ4n) is 3.67. The Morgan fingerprint density at radius 2 is 2.17 bits per heavy atom. The Balaban J connectivity index is 2.05. The lowest BCUT2D eigenvalue weighted by Crippen LogP contribution is -2.54. The lowest BCUT2D eigenvalue weighted by molar-refractivity contribution is 0.0733. The van der Waals surface area contributed by atoms with Gasteiger partial charge in [-0.1, -0.05) is 39.7 Å². The van der Waals surface area contributed by atoms with Crippen LogP contribution >= 0.6 is 11.3 Å². The van der Waals surface area contributed by atoms with E-state index in [-0.39, 0.29) is 5.54 Å². The van der Waals surface area contributed by atoms with Gasteiger partial charge in [-0.2, -0.15) is 0 Å². The van der Waals surface area contributed by atoms with E-state index in [4.69, 9.17) is 5.73 Å². The SMILES string of the molecule is CC(C)(C)C1CCCCC1(N)CCc1cccs1. The van der Waals surface area contributed by atoms with Crippen LogP contribution in [-0.4, -0.2) is 5.54 Å². The van der Waals surface area contributed by atoms with Crippen molar-refractivity contribution in [3.8, 4) is 0 Å². The van der Waals surface area contributed by atoms with Crippen LogP contribution in [0.25, 0.3) is 0 Å². The fraction of sp³-hybridized carbons (Fsp3) is 0.750. The van der Waals surface area contributed by atoms with Crippen LogP contribution in [0, 0.1) is 11.3 Å². The van der Waals surface area contributed by atoms with Gasteiger partial charge in [-0.05, 0) is 48.5 Å². The molecule has 1 nitrogen and oxygen atoms in total. The van der Waals surface area contributed by atoms with Gasteiger partial charge in [-0.25, -0.2) is 0 Å². The molecule has 0 saturated heterocycles. The van der Waals surface area contributed by atoms with Crippen molar-refractivity contribution >= 4 is 11.3 Å². The largest absolute Gasteiger partial charge is 0.325 e. The van der Waals surface area contributed by atoms with E-state index in [2.05, 4.69) is 38.3 Å². The first kappa shape index (κ1) is 14.1. The van der Waals surface area contributed by atoms with Crippen LogP contribution in [0.4, 0.5) is 0 Å². The monoisotopic (exact) mass is 265 g/mol. The number of aryl methyl sites for hydroxylation is 1. The molecular formula is C16H27NS. The molecule has 2 N–H and O–H groups in total. The van der Waals surface area contributed by atoms with Crippen molar-refractivity contribution in [2.75, 3.05) is 0 Å². The van der Waals surface area contributed by atoms with Gasteiger partial charge >= 0.3 is 0 Å². The maximum atomic E-state index is 6.81. The molecular weight excluding hydrogens is 238 g/mol. The molecule has 1 heterocycles. The third kappa shape index (κ3) is 3.16. The summed E-state index contributed by atoms with van der Waals surface area (Å²) in [6, 6.07) is 4.38. The smallest absolute Gasteiger partial charge is 0.0191 e. The van der Waals surface area contributed by atoms with Crippen molar-refractivity contribution < 1.29 is 0 Å². The standard InChI is InChI=1S/C16H27NS/c1-15(2,3)14-8-4-5-10-16(14,17)11-9-13-7-6-12-18-13/h6-7,12,14H,4-5,8-11,17H2,1-3H3. The predicted molar refractivity (Wildman–Crippen MR) is 81.0 cm³/mol. The fourth-order valence-corrected chi connectivity index (χ4v) is 4.38. The van der Waals surface area contributed by atoms with Crippen molar-refractivity contribution in [2.45, 2.75) is 64.8 Å². The number of hydrogen-bond acceptors (Lipinski definition) is 2. The van der Waals surface area contributed by atoms with Gasteiger partial charge in [0.1, 0.15) is 0 Å². The van der Waals surface area contributed by atoms with Crippen molar-refractivity contribution in [1.29, 1.82) is 0 Å². The summed E-state index contributed by atoms with van der Waals surface area (Å²) in [5.41, 5.74) is 7.20. The zero-order valence-electron chi connectivity index (χ0n) is 12.0. The van der Waals surface area contributed by atoms with E-state index in [0.29, 0.717) is 11.3 Å². The quantitative estimate of drug-likeness (QED) is 0.848. The molecule has 0 radical (unpaired) electrons. The van der Waals surface area contributed by atoms with E-state index in [1.807, 2.05) is 11.3 Å². The maximum absolute atomic E-state index is 6.81. The lowest BCUT2D eigenvalue weighted by atomic mass is 9.61. The van der Waals surface area contributed by atoms with E-state index in [1.54, 1.807) is 0 Å². The number of nitrogens with two attached hydrogens (primary N) is 1. The summed E-state index contributed by atoms with van der Waals surface area (Å²) in [5.74, 6) is 0.665. The highest BCUT2D eigenvalue weighted by Gasteiger charge is 2.42. The molecule has 0 aliphatic heterocycles. The molecule has 0 bridgehead atoms. The highest BCUT2D eigenvalue weighted by atomic mass is 32.1. The van der Waals surface area contributed by atoms with Gasteiger partial charge in [0.05, 0.1) is 0 Å². The second kappa shape index (κ2) is 5.34. The molecule has 1 saturated carbocycles. The molecule has 2 unspecified atom stereocenters. The first-order valence-electron chi connectivity index (χ1n) is 7.23. The van der Waals surface area contributed by atoms with Crippen LogP contribution in [0.2, 0.25) is 0 Å². The Labute approximate surface area is 116 Å². The molecule has 1 aliphatic carbocycles. The summed E-state index contributed by atoms with van der Waals surface area (Å²) in [7, 11) is 0. The maximum Gasteiger partial charge on any atom is 0.0191 e. The third-order valence-corrected chi connectivity index (χ3v) is 5.48. The van der Waals surface area contributed by atoms with Crippen molar-refractivity contribution in [2.24, 2.45) is 17.1 Å². The molecule has 2 heteroatoms. The normalized spacial score (nSPS) is 29.4. The molecule has 0 aromatic carbocycles. The Hall–Kier alpha value is -0.340. The lowest BCUT2D eigenvalue weighted by Gasteiger charge is -2.48. The second-order valence-electron chi connectivity index (χ2n) is 6.98. The van der Waals surface area contributed by atoms with Gasteiger partial charge in [0, 0.05) is 10.4 Å². The minimum absolute atomic E-state index is 0.0560. The Morgan fingerprint density at radius 3 is 2.78 bits per heavy atom. The second-order valence-corrected chi connectivity index (χ2v) is 8.01. The van der Waals surface area contributed by atoms with Crippen LogP contribution < -0.4 is 5.73 Å². The molecule has 0 amide bonds. The van der Waals surface area contributed by atoms with Crippen LogP contribution in [0.5, 0.6) is 0 Å². The van der Waals surface area contributed by atoms with Gasteiger partial charge in [0.2, 0.25) is 0 Å². The van der Waals surface area contributed by atoms with E-state index < -0.39 is 0 Å². The number of rotatable bonds is 3. The zero-order chi connectivity index (χ0) is 13.2. The Kier molecular flexibility index (Phi) is 4.18. The summed E-state index contributed by atoms with van der Waals surface area (Å²) >= 11 is 1.86. The predicted octanol–water partition coefficient (Wildman–Crippen LogP) is 4.61. The van der Waals surface area contributed by atoms with Crippen LogP contribution in [0.15, 0.2) is 17.5 Å². The number of thiophene rings is 1. The summed E-state index contributed by atoms with van der Waals surface area (Å²) in [4.78, 5) is 1.48. The Morgan fingerprint density at radius 1 is 1.39 bits per heavy atom. The van der Waals surface area contributed by atoms with E-state index in [1.165, 1.54) is 30.6 Å². The summed E-state index contributed by atoms with van der Waals surface area (Å²) in [6.07, 6.45) is 7.49. The average Bonchev–Trinajstić information content (AvgIpc) is 2.78. The minimum atomic E-state index is 0.0560. The highest BCUT2D eigenvalue weighted by molar-refractivity contribution is 7.09. The Bertz CT molecular complexity index is 363. The third-order valence-electron chi connectivity index (χ3n) is 4.54. The minimum Gasteiger partial charge on any atom is -0.325 e.